The van der Waals surface area contributed by atoms with Crippen LogP contribution in [0.15, 0.2) is 24.4 Å². The largest absolute Gasteiger partial charge is 0.478 e. The summed E-state index contributed by atoms with van der Waals surface area (Å²) in [6.45, 7) is 1.77. The molecule has 0 fully saturated rings. The number of carboxylic acids is 1. The maximum atomic E-state index is 14.0. The molecule has 20 heavy (non-hydrogen) atoms. The van der Waals surface area contributed by atoms with E-state index in [0.717, 1.165) is 11.6 Å². The zero-order valence-electron chi connectivity index (χ0n) is 10.2. The number of hydrogen-bond acceptors (Lipinski definition) is 3. The minimum absolute atomic E-state index is 0.251. The molecule has 1 aromatic heterocycles. The molecule has 2 aromatic rings. The first-order valence-corrected chi connectivity index (χ1v) is 6.27. The molecule has 0 saturated heterocycles. The van der Waals surface area contributed by atoms with Gasteiger partial charge in [0.25, 0.3) is 0 Å². The van der Waals surface area contributed by atoms with Crippen LogP contribution in [0.1, 0.15) is 15.9 Å². The second kappa shape index (κ2) is 5.64. The van der Waals surface area contributed by atoms with Gasteiger partial charge in [0.05, 0.1) is 15.7 Å². The standard InChI is InChI=1S/C13H9Cl2FN2O2/c1-6-2-3-8(14)11(9(6)15)18-12-10(16)7(13(19)20)4-5-17-12/h2-5H,1H3,(H,17,18)(H,19,20). The molecule has 0 atom stereocenters. The van der Waals surface area contributed by atoms with Crippen molar-refractivity contribution in [2.24, 2.45) is 0 Å². The molecule has 0 aliphatic carbocycles. The Morgan fingerprint density at radius 3 is 2.70 bits per heavy atom. The van der Waals surface area contributed by atoms with E-state index in [2.05, 4.69) is 10.3 Å². The van der Waals surface area contributed by atoms with Crippen LogP contribution in [-0.4, -0.2) is 16.1 Å². The number of carbonyl (C=O) groups is 1. The maximum absolute atomic E-state index is 14.0. The maximum Gasteiger partial charge on any atom is 0.338 e. The van der Waals surface area contributed by atoms with Gasteiger partial charge in [0.15, 0.2) is 11.6 Å². The summed E-state index contributed by atoms with van der Waals surface area (Å²) in [5, 5.41) is 12.1. The van der Waals surface area contributed by atoms with Crippen LogP contribution in [0.25, 0.3) is 0 Å². The number of aromatic nitrogens is 1. The fourth-order valence-corrected chi connectivity index (χ4v) is 2.05. The number of aryl methyl sites for hydroxylation is 1. The van der Waals surface area contributed by atoms with Crippen molar-refractivity contribution in [3.05, 3.63) is 51.4 Å². The minimum Gasteiger partial charge on any atom is -0.478 e. The first kappa shape index (κ1) is 14.6. The Hall–Kier alpha value is -1.85. The summed E-state index contributed by atoms with van der Waals surface area (Å²) in [7, 11) is 0. The first-order valence-electron chi connectivity index (χ1n) is 5.51. The fourth-order valence-electron chi connectivity index (χ4n) is 1.59. The molecule has 1 aromatic carbocycles. The zero-order chi connectivity index (χ0) is 14.9. The second-order valence-corrected chi connectivity index (χ2v) is 4.79. The molecule has 0 aliphatic rings. The number of halogens is 3. The van der Waals surface area contributed by atoms with Crippen molar-refractivity contribution in [2.45, 2.75) is 6.92 Å². The molecule has 0 amide bonds. The van der Waals surface area contributed by atoms with Gasteiger partial charge in [-0.1, -0.05) is 29.3 Å². The fraction of sp³-hybridized carbons (Fsp3) is 0.0769. The van der Waals surface area contributed by atoms with Gasteiger partial charge < -0.3 is 10.4 Å². The van der Waals surface area contributed by atoms with Crippen LogP contribution < -0.4 is 5.32 Å². The number of pyridine rings is 1. The quantitative estimate of drug-likeness (QED) is 0.887. The summed E-state index contributed by atoms with van der Waals surface area (Å²) < 4.78 is 14.0. The molecule has 4 nitrogen and oxygen atoms in total. The van der Waals surface area contributed by atoms with Crippen molar-refractivity contribution in [3.63, 3.8) is 0 Å². The van der Waals surface area contributed by atoms with E-state index in [1.165, 1.54) is 6.20 Å². The Bertz CT molecular complexity index is 692. The third kappa shape index (κ3) is 2.69. The number of hydrogen-bond donors (Lipinski definition) is 2. The Balaban J connectivity index is 2.49. The van der Waals surface area contributed by atoms with Gasteiger partial charge in [0.2, 0.25) is 0 Å². The summed E-state index contributed by atoms with van der Waals surface area (Å²) in [4.78, 5) is 14.6. The predicted octanol–water partition coefficient (Wildman–Crippen LogP) is 4.28. The zero-order valence-corrected chi connectivity index (χ0v) is 11.8. The molecule has 1 heterocycles. The van der Waals surface area contributed by atoms with Crippen molar-refractivity contribution >= 4 is 40.7 Å². The molecule has 0 bridgehead atoms. The smallest absolute Gasteiger partial charge is 0.338 e. The van der Waals surface area contributed by atoms with Gasteiger partial charge in [-0.05, 0) is 24.6 Å². The van der Waals surface area contributed by atoms with Crippen molar-refractivity contribution in [1.29, 1.82) is 0 Å². The summed E-state index contributed by atoms with van der Waals surface area (Å²) in [6.07, 6.45) is 1.19. The average Bonchev–Trinajstić information content (AvgIpc) is 2.40. The lowest BCUT2D eigenvalue weighted by Gasteiger charge is -2.12. The Morgan fingerprint density at radius 2 is 2.05 bits per heavy atom. The van der Waals surface area contributed by atoms with E-state index in [9.17, 15) is 9.18 Å². The predicted molar refractivity (Wildman–Crippen MR) is 75.6 cm³/mol. The Kier molecular flexibility index (Phi) is 4.11. The Morgan fingerprint density at radius 1 is 1.35 bits per heavy atom. The number of nitrogens with zero attached hydrogens (tertiary/aromatic N) is 1. The van der Waals surface area contributed by atoms with E-state index in [4.69, 9.17) is 28.3 Å². The van der Waals surface area contributed by atoms with Crippen LogP contribution >= 0.6 is 23.2 Å². The van der Waals surface area contributed by atoms with Crippen molar-refractivity contribution < 1.29 is 14.3 Å². The van der Waals surface area contributed by atoms with Crippen LogP contribution in [0.2, 0.25) is 10.0 Å². The van der Waals surface area contributed by atoms with E-state index in [0.29, 0.717) is 5.02 Å². The summed E-state index contributed by atoms with van der Waals surface area (Å²) in [5.41, 5.74) is 0.540. The summed E-state index contributed by atoms with van der Waals surface area (Å²) in [5.74, 6) is -2.61. The molecule has 7 heteroatoms. The monoisotopic (exact) mass is 314 g/mol. The van der Waals surface area contributed by atoms with E-state index in [1.54, 1.807) is 19.1 Å². The van der Waals surface area contributed by atoms with Crippen molar-refractivity contribution in [2.75, 3.05) is 5.32 Å². The highest BCUT2D eigenvalue weighted by atomic mass is 35.5. The van der Waals surface area contributed by atoms with E-state index < -0.39 is 17.3 Å². The number of aromatic carboxylic acids is 1. The van der Waals surface area contributed by atoms with E-state index in [-0.39, 0.29) is 16.5 Å². The topological polar surface area (TPSA) is 62.2 Å². The van der Waals surface area contributed by atoms with Crippen LogP contribution in [0, 0.1) is 12.7 Å². The number of benzene rings is 1. The highest BCUT2D eigenvalue weighted by molar-refractivity contribution is 6.39. The molecule has 0 unspecified atom stereocenters. The number of anilines is 2. The van der Waals surface area contributed by atoms with E-state index >= 15 is 0 Å². The van der Waals surface area contributed by atoms with Crippen LogP contribution in [-0.2, 0) is 0 Å². The third-order valence-electron chi connectivity index (χ3n) is 2.65. The van der Waals surface area contributed by atoms with Crippen LogP contribution in [0.4, 0.5) is 15.9 Å². The van der Waals surface area contributed by atoms with Gasteiger partial charge >= 0.3 is 5.97 Å². The highest BCUT2D eigenvalue weighted by Crippen LogP contribution is 2.35. The molecule has 2 N–H and O–H groups in total. The van der Waals surface area contributed by atoms with E-state index in [1.807, 2.05) is 0 Å². The third-order valence-corrected chi connectivity index (χ3v) is 3.45. The van der Waals surface area contributed by atoms with Crippen molar-refractivity contribution in [3.8, 4) is 0 Å². The second-order valence-electron chi connectivity index (χ2n) is 4.00. The molecule has 0 aliphatic heterocycles. The van der Waals surface area contributed by atoms with Crippen LogP contribution in [0.5, 0.6) is 0 Å². The van der Waals surface area contributed by atoms with Gasteiger partial charge in [-0.2, -0.15) is 0 Å². The van der Waals surface area contributed by atoms with Gasteiger partial charge in [-0.25, -0.2) is 14.2 Å². The molecule has 0 saturated carbocycles. The van der Waals surface area contributed by atoms with Crippen LogP contribution in [0.3, 0.4) is 0 Å². The highest BCUT2D eigenvalue weighted by Gasteiger charge is 2.17. The number of rotatable bonds is 3. The molecule has 2 rings (SSSR count). The number of carboxylic acid groups (broad SMARTS) is 1. The molecule has 0 radical (unpaired) electrons. The lowest BCUT2D eigenvalue weighted by atomic mass is 10.2. The first-order chi connectivity index (χ1) is 9.41. The normalized spacial score (nSPS) is 10.4. The molecule has 104 valence electrons. The van der Waals surface area contributed by atoms with Crippen molar-refractivity contribution in [1.82, 2.24) is 4.98 Å². The average molecular weight is 315 g/mol. The lowest BCUT2D eigenvalue weighted by molar-refractivity contribution is 0.0692. The minimum atomic E-state index is -1.38. The van der Waals surface area contributed by atoms with Gasteiger partial charge in [0.1, 0.15) is 5.56 Å². The Labute approximate surface area is 124 Å². The molecular formula is C13H9Cl2FN2O2. The lowest BCUT2D eigenvalue weighted by Crippen LogP contribution is -2.06. The van der Waals surface area contributed by atoms with Gasteiger partial charge in [0, 0.05) is 6.20 Å². The van der Waals surface area contributed by atoms with Gasteiger partial charge in [-0.3, -0.25) is 0 Å². The molecular weight excluding hydrogens is 306 g/mol. The molecule has 0 spiro atoms. The number of nitrogens with one attached hydrogen (secondary N) is 1. The SMILES string of the molecule is Cc1ccc(Cl)c(Nc2nccc(C(=O)O)c2F)c1Cl. The summed E-state index contributed by atoms with van der Waals surface area (Å²) in [6, 6.07) is 4.39. The summed E-state index contributed by atoms with van der Waals surface area (Å²) >= 11 is 12.1. The van der Waals surface area contributed by atoms with Gasteiger partial charge in [-0.15, -0.1) is 0 Å².